The topological polar surface area (TPSA) is 73.1 Å². The standard InChI is InChI=1S/C13H22N4OS/c1-3-6-18-12-10(14)11(16-9-17-12)15-8-13(2)5-4-7-19-13/h9H,3-8,14H2,1-2H3,(H,15,16,17). The van der Waals surface area contributed by atoms with Gasteiger partial charge in [0.25, 0.3) is 0 Å². The Kier molecular flexibility index (Phi) is 4.74. The van der Waals surface area contributed by atoms with Crippen molar-refractivity contribution in [3.8, 4) is 5.88 Å². The zero-order chi connectivity index (χ0) is 13.7. The van der Waals surface area contributed by atoms with Crippen LogP contribution in [0.25, 0.3) is 0 Å². The van der Waals surface area contributed by atoms with Gasteiger partial charge >= 0.3 is 0 Å². The highest BCUT2D eigenvalue weighted by molar-refractivity contribution is 8.00. The Morgan fingerprint density at radius 3 is 3.05 bits per heavy atom. The molecule has 0 spiro atoms. The van der Waals surface area contributed by atoms with Gasteiger partial charge < -0.3 is 15.8 Å². The second-order valence-electron chi connectivity index (χ2n) is 5.05. The number of nitrogens with two attached hydrogens (primary N) is 1. The van der Waals surface area contributed by atoms with Crippen LogP contribution in [0.3, 0.4) is 0 Å². The maximum absolute atomic E-state index is 6.03. The smallest absolute Gasteiger partial charge is 0.242 e. The van der Waals surface area contributed by atoms with Gasteiger partial charge in [-0.25, -0.2) is 4.98 Å². The Hall–Kier alpha value is -1.17. The van der Waals surface area contributed by atoms with Crippen LogP contribution in [0.4, 0.5) is 11.5 Å². The lowest BCUT2D eigenvalue weighted by molar-refractivity contribution is 0.306. The monoisotopic (exact) mass is 282 g/mol. The molecule has 0 saturated carbocycles. The summed E-state index contributed by atoms with van der Waals surface area (Å²) in [7, 11) is 0. The average Bonchev–Trinajstić information content (AvgIpc) is 2.84. The molecule has 0 bridgehead atoms. The van der Waals surface area contributed by atoms with E-state index in [9.17, 15) is 0 Å². The molecular weight excluding hydrogens is 260 g/mol. The molecule has 1 saturated heterocycles. The molecule has 1 aromatic heterocycles. The average molecular weight is 282 g/mol. The minimum Gasteiger partial charge on any atom is -0.476 e. The van der Waals surface area contributed by atoms with Crippen molar-refractivity contribution in [1.82, 2.24) is 9.97 Å². The first-order valence-electron chi connectivity index (χ1n) is 6.76. The highest BCUT2D eigenvalue weighted by atomic mass is 32.2. The lowest BCUT2D eigenvalue weighted by Crippen LogP contribution is -2.27. The molecule has 2 rings (SSSR count). The molecule has 3 N–H and O–H groups in total. The fraction of sp³-hybridized carbons (Fsp3) is 0.692. The number of thioether (sulfide) groups is 1. The van der Waals surface area contributed by atoms with Crippen LogP contribution in [0.15, 0.2) is 6.33 Å². The summed E-state index contributed by atoms with van der Waals surface area (Å²) in [5.41, 5.74) is 6.54. The van der Waals surface area contributed by atoms with Gasteiger partial charge in [0, 0.05) is 11.3 Å². The predicted molar refractivity (Wildman–Crippen MR) is 80.8 cm³/mol. The van der Waals surface area contributed by atoms with Crippen LogP contribution in [-0.2, 0) is 0 Å². The summed E-state index contributed by atoms with van der Waals surface area (Å²) >= 11 is 2.01. The van der Waals surface area contributed by atoms with Crippen LogP contribution in [0.1, 0.15) is 33.1 Å². The van der Waals surface area contributed by atoms with E-state index in [0.29, 0.717) is 24.0 Å². The molecule has 0 aromatic carbocycles. The van der Waals surface area contributed by atoms with Crippen LogP contribution >= 0.6 is 11.8 Å². The molecule has 19 heavy (non-hydrogen) atoms. The van der Waals surface area contributed by atoms with Crippen LogP contribution in [0.5, 0.6) is 5.88 Å². The number of aromatic nitrogens is 2. The van der Waals surface area contributed by atoms with E-state index in [1.165, 1.54) is 24.9 Å². The Balaban J connectivity index is 1.99. The summed E-state index contributed by atoms with van der Waals surface area (Å²) in [6, 6.07) is 0. The summed E-state index contributed by atoms with van der Waals surface area (Å²) in [4.78, 5) is 8.27. The summed E-state index contributed by atoms with van der Waals surface area (Å²) in [5, 5.41) is 3.34. The highest BCUT2D eigenvalue weighted by Crippen LogP contribution is 2.38. The molecule has 1 atom stereocenters. The van der Waals surface area contributed by atoms with Gasteiger partial charge in [-0.2, -0.15) is 16.7 Å². The van der Waals surface area contributed by atoms with E-state index >= 15 is 0 Å². The third-order valence-corrected chi connectivity index (χ3v) is 4.76. The lowest BCUT2D eigenvalue weighted by atomic mass is 10.1. The van der Waals surface area contributed by atoms with Gasteiger partial charge in [0.05, 0.1) is 6.61 Å². The number of hydrogen-bond donors (Lipinski definition) is 2. The van der Waals surface area contributed by atoms with Gasteiger partial charge in [-0.15, -0.1) is 0 Å². The van der Waals surface area contributed by atoms with Crippen LogP contribution in [0, 0.1) is 0 Å². The number of anilines is 2. The normalized spacial score (nSPS) is 22.4. The second kappa shape index (κ2) is 6.32. The van der Waals surface area contributed by atoms with E-state index in [1.54, 1.807) is 0 Å². The summed E-state index contributed by atoms with van der Waals surface area (Å²) in [5.74, 6) is 2.39. The van der Waals surface area contributed by atoms with Crippen LogP contribution in [0.2, 0.25) is 0 Å². The number of ether oxygens (including phenoxy) is 1. The minimum absolute atomic E-state index is 0.280. The SMILES string of the molecule is CCCOc1ncnc(NCC2(C)CCCS2)c1N. The van der Waals surface area contributed by atoms with E-state index in [4.69, 9.17) is 10.5 Å². The molecule has 5 nitrogen and oxygen atoms in total. The maximum Gasteiger partial charge on any atom is 0.242 e. The molecule has 1 aliphatic heterocycles. The van der Waals surface area contributed by atoms with E-state index in [-0.39, 0.29) is 4.75 Å². The molecule has 0 amide bonds. The minimum atomic E-state index is 0.280. The Labute approximate surface area is 118 Å². The molecule has 1 aliphatic rings. The quantitative estimate of drug-likeness (QED) is 0.835. The third-order valence-electron chi connectivity index (χ3n) is 3.22. The molecule has 106 valence electrons. The van der Waals surface area contributed by atoms with E-state index in [2.05, 4.69) is 29.1 Å². The van der Waals surface area contributed by atoms with Crippen molar-refractivity contribution in [2.24, 2.45) is 0 Å². The lowest BCUT2D eigenvalue weighted by Gasteiger charge is -2.23. The number of nitrogen functional groups attached to an aromatic ring is 1. The molecule has 0 radical (unpaired) electrons. The van der Waals surface area contributed by atoms with E-state index in [0.717, 1.165) is 13.0 Å². The van der Waals surface area contributed by atoms with Gasteiger partial charge in [0.1, 0.15) is 12.0 Å². The largest absolute Gasteiger partial charge is 0.476 e. The van der Waals surface area contributed by atoms with Gasteiger partial charge in [-0.05, 0) is 31.9 Å². The summed E-state index contributed by atoms with van der Waals surface area (Å²) in [6.45, 7) is 5.82. The van der Waals surface area contributed by atoms with Crippen molar-refractivity contribution in [1.29, 1.82) is 0 Å². The maximum atomic E-state index is 6.03. The Morgan fingerprint density at radius 1 is 1.53 bits per heavy atom. The van der Waals surface area contributed by atoms with Crippen molar-refractivity contribution in [3.63, 3.8) is 0 Å². The van der Waals surface area contributed by atoms with Crippen molar-refractivity contribution >= 4 is 23.3 Å². The predicted octanol–water partition coefficient (Wildman–Crippen LogP) is 2.55. The number of hydrogen-bond acceptors (Lipinski definition) is 6. The van der Waals surface area contributed by atoms with E-state index < -0.39 is 0 Å². The number of nitrogens with zero attached hydrogens (tertiary/aromatic N) is 2. The van der Waals surface area contributed by atoms with Crippen molar-refractivity contribution < 1.29 is 4.74 Å². The molecule has 0 aliphatic carbocycles. The Morgan fingerprint density at radius 2 is 2.37 bits per heavy atom. The first kappa shape index (κ1) is 14.2. The molecule has 2 heterocycles. The Bertz CT molecular complexity index is 421. The van der Waals surface area contributed by atoms with Crippen LogP contribution < -0.4 is 15.8 Å². The van der Waals surface area contributed by atoms with Gasteiger partial charge in [-0.3, -0.25) is 0 Å². The summed E-state index contributed by atoms with van der Waals surface area (Å²) in [6.07, 6.45) is 4.94. The first-order chi connectivity index (χ1) is 9.14. The van der Waals surface area contributed by atoms with Gasteiger partial charge in [0.2, 0.25) is 5.88 Å². The molecule has 1 fully saturated rings. The van der Waals surface area contributed by atoms with Crippen molar-refractivity contribution in [2.45, 2.75) is 37.9 Å². The summed E-state index contributed by atoms with van der Waals surface area (Å²) < 4.78 is 5.78. The zero-order valence-electron chi connectivity index (χ0n) is 11.6. The molecular formula is C13H22N4OS. The number of nitrogens with one attached hydrogen (secondary N) is 1. The number of rotatable bonds is 6. The van der Waals surface area contributed by atoms with Gasteiger partial charge in [-0.1, -0.05) is 6.92 Å². The third kappa shape index (κ3) is 3.65. The first-order valence-corrected chi connectivity index (χ1v) is 7.74. The fourth-order valence-corrected chi connectivity index (χ4v) is 3.33. The van der Waals surface area contributed by atoms with Crippen LogP contribution in [-0.4, -0.2) is 33.6 Å². The fourth-order valence-electron chi connectivity index (χ4n) is 2.08. The molecule has 6 heteroatoms. The zero-order valence-corrected chi connectivity index (χ0v) is 12.4. The molecule has 1 aromatic rings. The van der Waals surface area contributed by atoms with Gasteiger partial charge in [0.15, 0.2) is 5.82 Å². The van der Waals surface area contributed by atoms with Crippen molar-refractivity contribution in [3.05, 3.63) is 6.33 Å². The van der Waals surface area contributed by atoms with Crippen molar-refractivity contribution in [2.75, 3.05) is 30.0 Å². The highest BCUT2D eigenvalue weighted by Gasteiger charge is 2.29. The second-order valence-corrected chi connectivity index (χ2v) is 6.73. The van der Waals surface area contributed by atoms with E-state index in [1.807, 2.05) is 11.8 Å². The molecule has 1 unspecified atom stereocenters.